The van der Waals surface area contributed by atoms with Crippen molar-refractivity contribution < 1.29 is 19.0 Å². The maximum atomic E-state index is 12.7. The van der Waals surface area contributed by atoms with Gasteiger partial charge in [-0.05, 0) is 19.1 Å². The number of rotatable bonds is 8. The summed E-state index contributed by atoms with van der Waals surface area (Å²) in [5.41, 5.74) is 1.69. The molecule has 0 aliphatic carbocycles. The molecule has 0 spiro atoms. The molecule has 1 heterocycles. The summed E-state index contributed by atoms with van der Waals surface area (Å²) in [5, 5.41) is 3.19. The van der Waals surface area contributed by atoms with Crippen LogP contribution in [0.3, 0.4) is 0 Å². The predicted octanol–water partition coefficient (Wildman–Crippen LogP) is 3.09. The molecule has 1 aliphatic rings. The number of fused-ring (bicyclic) bond motifs is 2. The van der Waals surface area contributed by atoms with Crippen LogP contribution in [-0.4, -0.2) is 38.9 Å². The van der Waals surface area contributed by atoms with Gasteiger partial charge in [-0.2, -0.15) is 0 Å². The van der Waals surface area contributed by atoms with Crippen LogP contribution in [0.5, 0.6) is 11.5 Å². The highest BCUT2D eigenvalue weighted by Gasteiger charge is 2.33. The van der Waals surface area contributed by atoms with Gasteiger partial charge in [-0.25, -0.2) is 0 Å². The van der Waals surface area contributed by atoms with Crippen molar-refractivity contribution in [3.05, 3.63) is 59.7 Å². The maximum Gasteiger partial charge on any atom is 0.318 e. The number of ether oxygens (including phenoxy) is 3. The Morgan fingerprint density at radius 2 is 1.60 bits per heavy atom. The number of benzene rings is 2. The second kappa shape index (κ2) is 8.65. The first kappa shape index (κ1) is 17.5. The highest BCUT2D eigenvalue weighted by molar-refractivity contribution is 5.85. The minimum atomic E-state index is -0.454. The van der Waals surface area contributed by atoms with Crippen LogP contribution in [0.25, 0.3) is 0 Å². The van der Waals surface area contributed by atoms with Gasteiger partial charge in [-0.1, -0.05) is 36.4 Å². The molecule has 0 unspecified atom stereocenters. The molecule has 2 aromatic rings. The van der Waals surface area contributed by atoms with E-state index in [-0.39, 0.29) is 5.97 Å². The molecule has 1 aliphatic heterocycles. The van der Waals surface area contributed by atoms with Crippen LogP contribution in [0.4, 0.5) is 0 Å². The highest BCUT2D eigenvalue weighted by Crippen LogP contribution is 2.44. The van der Waals surface area contributed by atoms with Crippen molar-refractivity contribution in [2.75, 3.05) is 32.9 Å². The Bertz CT molecular complexity index is 671. The second-order valence-corrected chi connectivity index (χ2v) is 5.73. The van der Waals surface area contributed by atoms with E-state index in [4.69, 9.17) is 14.2 Å². The van der Waals surface area contributed by atoms with Crippen molar-refractivity contribution >= 4 is 5.97 Å². The molecule has 5 heteroatoms. The molecule has 0 amide bonds. The average molecular weight is 341 g/mol. The summed E-state index contributed by atoms with van der Waals surface area (Å²) in [6.07, 6.45) is 0. The van der Waals surface area contributed by atoms with Crippen LogP contribution >= 0.6 is 0 Å². The van der Waals surface area contributed by atoms with E-state index in [1.807, 2.05) is 55.5 Å². The molecule has 1 N–H and O–H groups in total. The summed E-state index contributed by atoms with van der Waals surface area (Å²) >= 11 is 0. The Labute approximate surface area is 147 Å². The van der Waals surface area contributed by atoms with Crippen molar-refractivity contribution in [3.8, 4) is 11.5 Å². The van der Waals surface area contributed by atoms with Crippen molar-refractivity contribution in [1.82, 2.24) is 5.32 Å². The quantitative estimate of drug-likeness (QED) is 0.591. The summed E-state index contributed by atoms with van der Waals surface area (Å²) in [6, 6.07) is 15.2. The third-order valence-electron chi connectivity index (χ3n) is 4.07. The number of carbonyl (C=O) groups is 1. The van der Waals surface area contributed by atoms with Crippen molar-refractivity contribution in [3.63, 3.8) is 0 Å². The molecule has 25 heavy (non-hydrogen) atoms. The molecular weight excluding hydrogens is 318 g/mol. The first-order valence-electron chi connectivity index (χ1n) is 8.62. The van der Waals surface area contributed by atoms with Crippen molar-refractivity contribution in [2.24, 2.45) is 0 Å². The van der Waals surface area contributed by atoms with Gasteiger partial charge in [-0.3, -0.25) is 4.79 Å². The summed E-state index contributed by atoms with van der Waals surface area (Å²) < 4.78 is 16.7. The Balaban J connectivity index is 1.64. The monoisotopic (exact) mass is 341 g/mol. The SMILES string of the molecule is CCOCCNCCOC(=O)C1c2ccccc2Oc2ccccc21. The van der Waals surface area contributed by atoms with Gasteiger partial charge in [0.1, 0.15) is 24.0 Å². The lowest BCUT2D eigenvalue weighted by molar-refractivity contribution is -0.144. The Morgan fingerprint density at radius 3 is 2.24 bits per heavy atom. The summed E-state index contributed by atoms with van der Waals surface area (Å²) in [5.74, 6) is 0.704. The number of hydrogen-bond acceptors (Lipinski definition) is 5. The van der Waals surface area contributed by atoms with Gasteiger partial charge in [-0.15, -0.1) is 0 Å². The summed E-state index contributed by atoms with van der Waals surface area (Å²) in [4.78, 5) is 12.7. The van der Waals surface area contributed by atoms with Crippen molar-refractivity contribution in [2.45, 2.75) is 12.8 Å². The molecule has 0 aromatic heterocycles. The summed E-state index contributed by atoms with van der Waals surface area (Å²) in [7, 11) is 0. The number of para-hydroxylation sites is 2. The van der Waals surface area contributed by atoms with Crippen LogP contribution in [-0.2, 0) is 14.3 Å². The molecule has 0 bridgehead atoms. The lowest BCUT2D eigenvalue weighted by atomic mass is 9.88. The third kappa shape index (κ3) is 4.18. The topological polar surface area (TPSA) is 56.8 Å². The zero-order chi connectivity index (χ0) is 17.5. The Hall–Kier alpha value is -2.37. The third-order valence-corrected chi connectivity index (χ3v) is 4.07. The minimum Gasteiger partial charge on any atom is -0.464 e. The molecule has 2 aromatic carbocycles. The van der Waals surface area contributed by atoms with Gasteiger partial charge in [0.15, 0.2) is 0 Å². The lowest BCUT2D eigenvalue weighted by Gasteiger charge is -2.26. The van der Waals surface area contributed by atoms with Gasteiger partial charge in [0.05, 0.1) is 6.61 Å². The van der Waals surface area contributed by atoms with Crippen LogP contribution in [0.2, 0.25) is 0 Å². The van der Waals surface area contributed by atoms with E-state index in [0.29, 0.717) is 37.9 Å². The maximum absolute atomic E-state index is 12.7. The van der Waals surface area contributed by atoms with E-state index in [1.165, 1.54) is 0 Å². The van der Waals surface area contributed by atoms with E-state index in [2.05, 4.69) is 5.32 Å². The fourth-order valence-corrected chi connectivity index (χ4v) is 2.88. The largest absolute Gasteiger partial charge is 0.464 e. The number of carbonyl (C=O) groups excluding carboxylic acids is 1. The van der Waals surface area contributed by atoms with Gasteiger partial charge in [0, 0.05) is 30.8 Å². The molecule has 0 radical (unpaired) electrons. The Kier molecular flexibility index (Phi) is 6.04. The molecule has 0 atom stereocenters. The van der Waals surface area contributed by atoms with E-state index in [9.17, 15) is 4.79 Å². The molecule has 132 valence electrons. The number of hydrogen-bond donors (Lipinski definition) is 1. The van der Waals surface area contributed by atoms with Crippen LogP contribution < -0.4 is 10.1 Å². The van der Waals surface area contributed by atoms with E-state index in [0.717, 1.165) is 17.7 Å². The standard InChI is InChI=1S/C20H23NO4/c1-2-23-13-11-21-12-14-24-20(22)19-15-7-3-5-9-17(15)25-18-10-6-4-8-16(18)19/h3-10,19,21H,2,11-14H2,1H3. The van der Waals surface area contributed by atoms with Crippen LogP contribution in [0.1, 0.15) is 24.0 Å². The zero-order valence-electron chi connectivity index (χ0n) is 14.4. The lowest BCUT2D eigenvalue weighted by Crippen LogP contribution is -2.27. The Morgan fingerprint density at radius 1 is 1.00 bits per heavy atom. The van der Waals surface area contributed by atoms with Gasteiger partial charge >= 0.3 is 5.97 Å². The van der Waals surface area contributed by atoms with Crippen LogP contribution in [0, 0.1) is 0 Å². The van der Waals surface area contributed by atoms with E-state index >= 15 is 0 Å². The van der Waals surface area contributed by atoms with Gasteiger partial charge < -0.3 is 19.5 Å². The molecule has 0 saturated carbocycles. The first-order valence-corrected chi connectivity index (χ1v) is 8.62. The molecule has 0 fully saturated rings. The number of nitrogens with one attached hydrogen (secondary N) is 1. The minimum absolute atomic E-state index is 0.255. The van der Waals surface area contributed by atoms with E-state index in [1.54, 1.807) is 0 Å². The van der Waals surface area contributed by atoms with Gasteiger partial charge in [0.2, 0.25) is 0 Å². The van der Waals surface area contributed by atoms with E-state index < -0.39 is 5.92 Å². The second-order valence-electron chi connectivity index (χ2n) is 5.73. The molecule has 0 saturated heterocycles. The zero-order valence-corrected chi connectivity index (χ0v) is 14.4. The smallest absolute Gasteiger partial charge is 0.318 e. The van der Waals surface area contributed by atoms with Crippen LogP contribution in [0.15, 0.2) is 48.5 Å². The molecule has 3 rings (SSSR count). The predicted molar refractivity (Wildman–Crippen MR) is 95.1 cm³/mol. The molecule has 5 nitrogen and oxygen atoms in total. The number of esters is 1. The average Bonchev–Trinajstić information content (AvgIpc) is 2.65. The van der Waals surface area contributed by atoms with Crippen molar-refractivity contribution in [1.29, 1.82) is 0 Å². The fraction of sp³-hybridized carbons (Fsp3) is 0.350. The normalized spacial score (nSPS) is 12.8. The van der Waals surface area contributed by atoms with Gasteiger partial charge in [0.25, 0.3) is 0 Å². The fourth-order valence-electron chi connectivity index (χ4n) is 2.88. The highest BCUT2D eigenvalue weighted by atomic mass is 16.5. The molecular formula is C20H23NO4. The summed E-state index contributed by atoms with van der Waals surface area (Å²) in [6.45, 7) is 5.00. The first-order chi connectivity index (χ1) is 12.3.